The molecule has 1 aromatic heterocycles. The molecule has 0 saturated carbocycles. The zero-order valence-corrected chi connectivity index (χ0v) is 11.2. The van der Waals surface area contributed by atoms with Crippen LogP contribution in [0, 0.1) is 0 Å². The number of esters is 1. The summed E-state index contributed by atoms with van der Waals surface area (Å²) < 4.78 is 4.61. The number of ether oxygens (including phenoxy) is 1. The smallest absolute Gasteiger partial charge is 0.339 e. The summed E-state index contributed by atoms with van der Waals surface area (Å²) in [4.78, 5) is 15.4. The Morgan fingerprint density at radius 3 is 2.70 bits per heavy atom. The van der Waals surface area contributed by atoms with Crippen molar-refractivity contribution in [3.05, 3.63) is 59.4 Å². The molecule has 2 rings (SSSR count). The van der Waals surface area contributed by atoms with Gasteiger partial charge in [0.25, 0.3) is 0 Å². The molecule has 2 N–H and O–H groups in total. The third kappa shape index (κ3) is 3.55. The Morgan fingerprint density at radius 2 is 2.05 bits per heavy atom. The molecule has 20 heavy (non-hydrogen) atoms. The Kier molecular flexibility index (Phi) is 4.68. The SMILES string of the molecule is COC(=O)c1ccc(CNCc2ccccc2O)nc1. The highest BCUT2D eigenvalue weighted by Gasteiger charge is 2.05. The Balaban J connectivity index is 1.88. The number of aromatic nitrogens is 1. The second-order valence-corrected chi connectivity index (χ2v) is 4.26. The van der Waals surface area contributed by atoms with E-state index >= 15 is 0 Å². The largest absolute Gasteiger partial charge is 0.508 e. The first-order valence-corrected chi connectivity index (χ1v) is 6.21. The predicted octanol–water partition coefficient (Wildman–Crippen LogP) is 1.86. The van der Waals surface area contributed by atoms with Gasteiger partial charge in [0.05, 0.1) is 18.4 Å². The molecule has 1 aromatic carbocycles. The monoisotopic (exact) mass is 272 g/mol. The van der Waals surface area contributed by atoms with Crippen molar-refractivity contribution in [3.63, 3.8) is 0 Å². The van der Waals surface area contributed by atoms with Crippen molar-refractivity contribution in [1.82, 2.24) is 10.3 Å². The molecule has 2 aromatic rings. The number of nitrogens with zero attached hydrogens (tertiary/aromatic N) is 1. The summed E-state index contributed by atoms with van der Waals surface area (Å²) in [6.45, 7) is 1.10. The van der Waals surface area contributed by atoms with E-state index in [0.29, 0.717) is 18.7 Å². The fourth-order valence-electron chi connectivity index (χ4n) is 1.75. The first kappa shape index (κ1) is 14.0. The summed E-state index contributed by atoms with van der Waals surface area (Å²) in [7, 11) is 1.34. The topological polar surface area (TPSA) is 71.5 Å². The quantitative estimate of drug-likeness (QED) is 0.813. The molecule has 0 bridgehead atoms. The van der Waals surface area contributed by atoms with Crippen molar-refractivity contribution in [2.45, 2.75) is 13.1 Å². The van der Waals surface area contributed by atoms with Gasteiger partial charge in [-0.15, -0.1) is 0 Å². The Hall–Kier alpha value is -2.40. The molecule has 0 atom stereocenters. The molecule has 1 heterocycles. The van der Waals surface area contributed by atoms with Gasteiger partial charge in [-0.2, -0.15) is 0 Å². The number of para-hydroxylation sites is 1. The molecule has 0 aliphatic rings. The highest BCUT2D eigenvalue weighted by atomic mass is 16.5. The molecule has 0 aliphatic heterocycles. The lowest BCUT2D eigenvalue weighted by molar-refractivity contribution is 0.0600. The van der Waals surface area contributed by atoms with Crippen molar-refractivity contribution >= 4 is 5.97 Å². The lowest BCUT2D eigenvalue weighted by atomic mass is 10.2. The van der Waals surface area contributed by atoms with Gasteiger partial charge in [0.1, 0.15) is 5.75 Å². The molecule has 0 spiro atoms. The van der Waals surface area contributed by atoms with Crippen LogP contribution in [0.5, 0.6) is 5.75 Å². The fourth-order valence-corrected chi connectivity index (χ4v) is 1.75. The molecule has 0 amide bonds. The van der Waals surface area contributed by atoms with Crippen molar-refractivity contribution in [2.24, 2.45) is 0 Å². The lowest BCUT2D eigenvalue weighted by Gasteiger charge is -2.06. The van der Waals surface area contributed by atoms with E-state index in [1.54, 1.807) is 24.3 Å². The highest BCUT2D eigenvalue weighted by molar-refractivity contribution is 5.88. The van der Waals surface area contributed by atoms with Crippen LogP contribution in [0.3, 0.4) is 0 Å². The molecule has 5 nitrogen and oxygen atoms in total. The second kappa shape index (κ2) is 6.68. The molecule has 0 aliphatic carbocycles. The molecule has 0 saturated heterocycles. The van der Waals surface area contributed by atoms with Crippen LogP contribution >= 0.6 is 0 Å². The van der Waals surface area contributed by atoms with Gasteiger partial charge in [-0.05, 0) is 18.2 Å². The van der Waals surface area contributed by atoms with Gasteiger partial charge in [-0.25, -0.2) is 4.79 Å². The number of aromatic hydroxyl groups is 1. The minimum Gasteiger partial charge on any atom is -0.508 e. The van der Waals surface area contributed by atoms with E-state index in [4.69, 9.17) is 0 Å². The zero-order valence-electron chi connectivity index (χ0n) is 11.2. The van der Waals surface area contributed by atoms with Crippen LogP contribution in [-0.2, 0) is 17.8 Å². The van der Waals surface area contributed by atoms with Gasteiger partial charge < -0.3 is 15.2 Å². The van der Waals surface area contributed by atoms with Gasteiger partial charge in [0.15, 0.2) is 0 Å². The Bertz CT molecular complexity index is 582. The van der Waals surface area contributed by atoms with Crippen molar-refractivity contribution in [2.75, 3.05) is 7.11 Å². The summed E-state index contributed by atoms with van der Waals surface area (Å²) in [6.07, 6.45) is 1.49. The van der Waals surface area contributed by atoms with Crippen molar-refractivity contribution < 1.29 is 14.6 Å². The maximum Gasteiger partial charge on any atom is 0.339 e. The molecule has 0 radical (unpaired) electrons. The van der Waals surface area contributed by atoms with E-state index in [1.807, 2.05) is 12.1 Å². The van der Waals surface area contributed by atoms with Crippen molar-refractivity contribution in [1.29, 1.82) is 0 Å². The van der Waals surface area contributed by atoms with E-state index in [-0.39, 0.29) is 5.75 Å². The highest BCUT2D eigenvalue weighted by Crippen LogP contribution is 2.14. The van der Waals surface area contributed by atoms with E-state index in [1.165, 1.54) is 13.3 Å². The average Bonchev–Trinajstić information content (AvgIpc) is 2.49. The average molecular weight is 272 g/mol. The minimum atomic E-state index is -0.397. The summed E-state index contributed by atoms with van der Waals surface area (Å²) in [5.41, 5.74) is 2.07. The molecule has 0 unspecified atom stereocenters. The summed E-state index contributed by atoms with van der Waals surface area (Å²) in [6, 6.07) is 10.6. The molecule has 5 heteroatoms. The third-order valence-electron chi connectivity index (χ3n) is 2.86. The summed E-state index contributed by atoms with van der Waals surface area (Å²) in [5.74, 6) is -0.125. The number of rotatable bonds is 5. The number of nitrogens with one attached hydrogen (secondary N) is 1. The van der Waals surface area contributed by atoms with Gasteiger partial charge in [0, 0.05) is 24.8 Å². The number of carbonyl (C=O) groups excluding carboxylic acids is 1. The first-order chi connectivity index (χ1) is 9.70. The minimum absolute atomic E-state index is 0.272. The van der Waals surface area contributed by atoms with Crippen LogP contribution in [0.2, 0.25) is 0 Å². The van der Waals surface area contributed by atoms with Gasteiger partial charge >= 0.3 is 5.97 Å². The number of hydrogen-bond acceptors (Lipinski definition) is 5. The molecule has 0 fully saturated rings. The Morgan fingerprint density at radius 1 is 1.25 bits per heavy atom. The summed E-state index contributed by atoms with van der Waals surface area (Å²) in [5, 5.41) is 12.8. The third-order valence-corrected chi connectivity index (χ3v) is 2.86. The van der Waals surface area contributed by atoms with E-state index in [2.05, 4.69) is 15.0 Å². The van der Waals surface area contributed by atoms with E-state index < -0.39 is 5.97 Å². The van der Waals surface area contributed by atoms with Crippen LogP contribution in [0.15, 0.2) is 42.6 Å². The lowest BCUT2D eigenvalue weighted by Crippen LogP contribution is -2.14. The van der Waals surface area contributed by atoms with Gasteiger partial charge in [-0.3, -0.25) is 4.98 Å². The molecular weight excluding hydrogens is 256 g/mol. The standard InChI is InChI=1S/C15H16N2O3/c1-20-15(19)12-6-7-13(17-9-12)10-16-8-11-4-2-3-5-14(11)18/h2-7,9,16,18H,8,10H2,1H3. The zero-order chi connectivity index (χ0) is 14.4. The number of phenols is 1. The molecule has 104 valence electrons. The normalized spacial score (nSPS) is 10.2. The van der Waals surface area contributed by atoms with E-state index in [9.17, 15) is 9.90 Å². The Labute approximate surface area is 117 Å². The number of hydrogen-bond donors (Lipinski definition) is 2. The first-order valence-electron chi connectivity index (χ1n) is 6.21. The molecular formula is C15H16N2O3. The second-order valence-electron chi connectivity index (χ2n) is 4.26. The van der Waals surface area contributed by atoms with Gasteiger partial charge in [0.2, 0.25) is 0 Å². The maximum absolute atomic E-state index is 11.3. The predicted molar refractivity (Wildman–Crippen MR) is 74.2 cm³/mol. The van der Waals surface area contributed by atoms with Crippen LogP contribution < -0.4 is 5.32 Å². The maximum atomic E-state index is 11.3. The number of carbonyl (C=O) groups is 1. The number of methoxy groups -OCH3 is 1. The number of pyridine rings is 1. The van der Waals surface area contributed by atoms with Crippen LogP contribution in [-0.4, -0.2) is 23.2 Å². The van der Waals surface area contributed by atoms with Gasteiger partial charge in [-0.1, -0.05) is 18.2 Å². The van der Waals surface area contributed by atoms with Crippen molar-refractivity contribution in [3.8, 4) is 5.75 Å². The number of phenolic OH excluding ortho intramolecular Hbond substituents is 1. The summed E-state index contributed by atoms with van der Waals surface area (Å²) >= 11 is 0. The van der Waals surface area contributed by atoms with Crippen LogP contribution in [0.4, 0.5) is 0 Å². The van der Waals surface area contributed by atoms with E-state index in [0.717, 1.165) is 11.3 Å². The fraction of sp³-hybridized carbons (Fsp3) is 0.200. The number of benzene rings is 1. The van der Waals surface area contributed by atoms with Crippen LogP contribution in [0.1, 0.15) is 21.6 Å². The van der Waals surface area contributed by atoms with Crippen LogP contribution in [0.25, 0.3) is 0 Å².